The number of halogens is 11. The molecule has 6 heterocycles. The number of pyridine rings is 3. The van der Waals surface area contributed by atoms with E-state index >= 15 is 0 Å². The quantitative estimate of drug-likeness (QED) is 0.0150. The number of sulfonamides is 1. The fraction of sp³-hybridized carbons (Fsp3) is 0.0824. The highest BCUT2D eigenvalue weighted by molar-refractivity contribution is 7.92. The van der Waals surface area contributed by atoms with Crippen LogP contribution >= 0.6 is 80.4 Å². The van der Waals surface area contributed by atoms with Crippen molar-refractivity contribution in [3.63, 3.8) is 0 Å². The fourth-order valence-corrected chi connectivity index (χ4v) is 18.4. The highest BCUT2D eigenvalue weighted by Crippen LogP contribution is 2.43. The predicted molar refractivity (Wildman–Crippen MR) is 468 cm³/mol. The van der Waals surface area contributed by atoms with E-state index in [1.165, 1.54) is 95.4 Å². The number of nitrogens with zero attached hydrogens (tertiary/aromatic N) is 7. The van der Waals surface area contributed by atoms with Crippen molar-refractivity contribution in [3.05, 3.63) is 323 Å². The summed E-state index contributed by atoms with van der Waals surface area (Å²) < 4.78 is 202. The van der Waals surface area contributed by atoms with Crippen LogP contribution in [0.2, 0.25) is 20.4 Å². The van der Waals surface area contributed by atoms with Crippen LogP contribution in [0.4, 0.5) is 42.4 Å². The van der Waals surface area contributed by atoms with E-state index in [0.717, 1.165) is 41.2 Å². The summed E-state index contributed by atoms with van der Waals surface area (Å²) in [5.74, 6) is -10.6. The lowest BCUT2D eigenvalue weighted by Gasteiger charge is -2.22. The Morgan fingerprint density at radius 3 is 1.50 bits per heavy atom. The van der Waals surface area contributed by atoms with Crippen molar-refractivity contribution < 1.29 is 88.8 Å². The van der Waals surface area contributed by atoms with E-state index in [2.05, 4.69) is 39.4 Å². The highest BCUT2D eigenvalue weighted by Gasteiger charge is 2.32. The van der Waals surface area contributed by atoms with Crippen LogP contribution in [0.1, 0.15) is 16.8 Å². The molecule has 21 nitrogen and oxygen atoms in total. The predicted octanol–water partition coefficient (Wildman–Crippen LogP) is 21.7. The summed E-state index contributed by atoms with van der Waals surface area (Å²) in [6, 6.07) is 52.0. The number of hydrogen-bond donors (Lipinski definition) is 2. The van der Waals surface area contributed by atoms with Crippen molar-refractivity contribution in [1.29, 1.82) is 0 Å². The van der Waals surface area contributed by atoms with Gasteiger partial charge < -0.3 is 38.1 Å². The second kappa shape index (κ2) is 41.2. The van der Waals surface area contributed by atoms with Crippen LogP contribution in [-0.2, 0) is 48.8 Å². The molecule has 0 atom stereocenters. The third kappa shape index (κ3) is 22.1. The Labute approximate surface area is 737 Å². The van der Waals surface area contributed by atoms with E-state index in [-0.39, 0.29) is 44.6 Å². The Balaban J connectivity index is 0.000000145. The summed E-state index contributed by atoms with van der Waals surface area (Å²) in [6.07, 6.45) is 4.45. The number of benzene rings is 10. The minimum Gasteiger partial charge on any atom is -0.535 e. The third-order valence-corrected chi connectivity index (χ3v) is 25.6. The van der Waals surface area contributed by atoms with Crippen LogP contribution < -0.4 is 37.4 Å². The average molecular weight is 1880 g/mol. The Morgan fingerprint density at radius 2 is 0.960 bits per heavy atom. The molecule has 6 aromatic heterocycles. The van der Waals surface area contributed by atoms with Gasteiger partial charge in [0.05, 0.1) is 83.5 Å². The maximum Gasteiger partial charge on any atom is 0.569 e. The number of rotatable bonds is 23. The Kier molecular flexibility index (Phi) is 30.4. The van der Waals surface area contributed by atoms with Gasteiger partial charge in [-0.25, -0.2) is 68.0 Å². The number of thiazole rings is 3. The molecular formula is C85H61BCl4F7N8O13S6. The van der Waals surface area contributed by atoms with Gasteiger partial charge in [-0.15, -0.1) is 34.0 Å². The Bertz CT molecular complexity index is 6840. The Hall–Kier alpha value is -11.7. The molecule has 16 rings (SSSR count). The normalized spacial score (nSPS) is 11.2. The summed E-state index contributed by atoms with van der Waals surface area (Å²) in [5.41, 5.74) is 11.3. The molecule has 0 bridgehead atoms. The van der Waals surface area contributed by atoms with Gasteiger partial charge in [-0.3, -0.25) is 4.98 Å². The zero-order chi connectivity index (χ0) is 88.6. The number of aromatic nitrogens is 6. The first kappa shape index (κ1) is 91.5. The van der Waals surface area contributed by atoms with E-state index in [9.17, 15) is 56.0 Å². The molecule has 1 radical (unpaired) electrons. The van der Waals surface area contributed by atoms with E-state index in [1.54, 1.807) is 163 Å². The Morgan fingerprint density at radius 1 is 0.460 bits per heavy atom. The average Bonchev–Trinajstić information content (AvgIpc) is 0.985. The van der Waals surface area contributed by atoms with Crippen LogP contribution in [0.5, 0.6) is 34.5 Å². The molecular weight excluding hydrogens is 1820 g/mol. The maximum absolute atomic E-state index is 13.8. The topological polar surface area (TPSA) is 271 Å². The van der Waals surface area contributed by atoms with Gasteiger partial charge in [-0.05, 0) is 172 Å². The first-order valence-corrected chi connectivity index (χ1v) is 44.6. The molecule has 39 heteroatoms. The van der Waals surface area contributed by atoms with Gasteiger partial charge in [0.25, 0.3) is 10.0 Å². The van der Waals surface area contributed by atoms with Gasteiger partial charge in [0, 0.05) is 85.2 Å². The molecule has 0 unspecified atom stereocenters. The number of ether oxygens (including phenoxy) is 4. The largest absolute Gasteiger partial charge is 0.569 e. The first-order chi connectivity index (χ1) is 59.5. The molecule has 0 aliphatic heterocycles. The van der Waals surface area contributed by atoms with E-state index in [0.29, 0.717) is 112 Å². The molecule has 16 aromatic rings. The highest BCUT2D eigenvalue weighted by atomic mass is 35.5. The van der Waals surface area contributed by atoms with E-state index in [1.807, 2.05) is 47.3 Å². The number of sulfone groups is 1. The van der Waals surface area contributed by atoms with Gasteiger partial charge in [0.1, 0.15) is 55.7 Å². The van der Waals surface area contributed by atoms with Crippen LogP contribution in [0, 0.1) is 40.7 Å². The molecule has 0 amide bonds. The zero-order valence-corrected chi connectivity index (χ0v) is 72.4. The molecule has 635 valence electrons. The van der Waals surface area contributed by atoms with Crippen molar-refractivity contribution in [1.82, 2.24) is 29.9 Å². The zero-order valence-electron chi connectivity index (χ0n) is 64.5. The van der Waals surface area contributed by atoms with Crippen LogP contribution in [-0.4, -0.2) is 96.3 Å². The summed E-state index contributed by atoms with van der Waals surface area (Å²) in [6.45, 7) is 0.929. The second-order valence-corrected chi connectivity index (χ2v) is 34.8. The lowest BCUT2D eigenvalue weighted by atomic mass is 9.98. The number of fused-ring (bicyclic) bond motifs is 3. The van der Waals surface area contributed by atoms with Crippen molar-refractivity contribution >= 4 is 162 Å². The van der Waals surface area contributed by atoms with Crippen LogP contribution in [0.15, 0.2) is 260 Å². The summed E-state index contributed by atoms with van der Waals surface area (Å²) in [5, 5.41) is 22.0. The first-order valence-electron chi connectivity index (χ1n) is 35.7. The monoisotopic (exact) mass is 1880 g/mol. The summed E-state index contributed by atoms with van der Waals surface area (Å²) >= 11 is 29.0. The second-order valence-electron chi connectivity index (χ2n) is 25.7. The fourth-order valence-electron chi connectivity index (χ4n) is 11.9. The lowest BCUT2D eigenvalue weighted by Crippen LogP contribution is -2.30. The molecule has 0 fully saturated rings. The van der Waals surface area contributed by atoms with Crippen LogP contribution in [0.25, 0.3) is 65.8 Å². The third-order valence-electron chi connectivity index (χ3n) is 18.0. The smallest absolute Gasteiger partial charge is 0.535 e. The number of anilines is 2. The summed E-state index contributed by atoms with van der Waals surface area (Å²) in [7, 11) is -5.54. The van der Waals surface area contributed by atoms with Gasteiger partial charge in [0.2, 0.25) is 34.8 Å². The molecule has 2 N–H and O–H groups in total. The van der Waals surface area contributed by atoms with Gasteiger partial charge in [0.15, 0.2) is 21.4 Å². The van der Waals surface area contributed by atoms with Gasteiger partial charge in [-0.2, -0.15) is 17.2 Å². The maximum atomic E-state index is 13.8. The molecule has 124 heavy (non-hydrogen) atoms. The minimum absolute atomic E-state index is 0.0760. The van der Waals surface area contributed by atoms with E-state index in [4.69, 9.17) is 75.0 Å². The van der Waals surface area contributed by atoms with Gasteiger partial charge in [-0.1, -0.05) is 101 Å². The van der Waals surface area contributed by atoms with Crippen molar-refractivity contribution in [2.75, 3.05) is 38.1 Å². The molecule has 0 aliphatic rings. The van der Waals surface area contributed by atoms with Gasteiger partial charge >= 0.3 is 17.8 Å². The van der Waals surface area contributed by atoms with Crippen molar-refractivity contribution in [2.24, 2.45) is 0 Å². The number of hydrogen-bond acceptors (Lipinski definition) is 23. The van der Waals surface area contributed by atoms with Crippen molar-refractivity contribution in [2.45, 2.75) is 33.5 Å². The minimum atomic E-state index is -4.91. The number of methoxy groups -OCH3 is 4. The van der Waals surface area contributed by atoms with E-state index < -0.39 is 69.7 Å². The summed E-state index contributed by atoms with van der Waals surface area (Å²) in [4.78, 5) is 24.6. The van der Waals surface area contributed by atoms with Crippen LogP contribution in [0.3, 0.4) is 0 Å². The molecule has 0 saturated heterocycles. The molecule has 0 saturated carbocycles. The lowest BCUT2D eigenvalue weighted by molar-refractivity contribution is 0.346. The van der Waals surface area contributed by atoms with Crippen molar-refractivity contribution in [3.8, 4) is 68.0 Å². The standard InChI is InChI=1S/C26H18ClFN2O3S2.C20H16ClN3O3S2.C15H5ClF5NO3S.C13H10BClFO3.C11H12N2OS/c1-33-25-12-22(16-3-2-4-18(28)9-16)24(27)11-23(25)26-21-6-5-20(10-17(21)7-8-29-26)35(31,32)14-19-13-34-15-30-19;1-27-16-4-2-14(3-5-16)11-24(19-12-28-13-23-19)29(25,26)17-6-7-18-15(10-17)8-9-22-20(18)21;16-15-8-2-1-7(5-6(8)3-4-22-15)26(23,24)25-14-12(20)10(18)9(17)11(19)13(14)21;1-18-12-6-10(8-3-2-4-9(16)5-8)11(15)7-13(12)19-14-17;1-14-10-4-2-9(3-5-10)6-12-11-7-15-8-13-11/h2-13,15H,14H2,1H3;2-10,12-13H,11H2,1H3;1-5H;2-7,17H,1H3;2-5,7-8,12H,6H2,1H3. The number of nitrogens with one attached hydrogen (secondary N) is 1. The molecule has 10 aromatic carbocycles. The molecule has 0 spiro atoms. The molecule has 0 aliphatic carbocycles. The SMILES string of the molecule is COc1cc(-c2cccc(F)c2)c(Cl)cc1-c1nccc2cc(S(=O)(=O)Cc3cscn3)ccc12.COc1cc(-c2cccc(F)c2)c(Cl)cc1O[B]O.COc1ccc(CN(c2cscn2)S(=O)(=O)c2ccc3c(Cl)nccc3c2)cc1.COc1ccc(CNc2cscn2)cc1.O=S(=O)(Oc1c(F)c(F)c(F)c(F)c1F)c1ccc2c(Cl)nccc2c1.